The van der Waals surface area contributed by atoms with Gasteiger partial charge in [-0.15, -0.1) is 0 Å². The monoisotopic (exact) mass is 232 g/mol. The second-order valence-corrected chi connectivity index (χ2v) is 4.32. The number of amides is 1. The number of nitrogens with zero attached hydrogens (tertiary/aromatic N) is 1. The maximum Gasteiger partial charge on any atom is 0.223 e. The summed E-state index contributed by atoms with van der Waals surface area (Å²) in [6.45, 7) is 0.480. The number of likely N-dealkylation sites (tertiary alicyclic amines) is 1. The predicted molar refractivity (Wildman–Crippen MR) is 64.1 cm³/mol. The van der Waals surface area contributed by atoms with Crippen LogP contribution in [0, 0.1) is 0 Å². The molecule has 4 heteroatoms. The smallest absolute Gasteiger partial charge is 0.223 e. The third kappa shape index (κ3) is 2.22. The lowest BCUT2D eigenvalue weighted by molar-refractivity contribution is -0.143. The molecule has 17 heavy (non-hydrogen) atoms. The minimum atomic E-state index is -0.428. The van der Waals surface area contributed by atoms with E-state index < -0.39 is 6.04 Å². The van der Waals surface area contributed by atoms with Crippen LogP contribution >= 0.6 is 0 Å². The summed E-state index contributed by atoms with van der Waals surface area (Å²) in [5.41, 5.74) is 7.41. The molecule has 2 N–H and O–H groups in total. The SMILES string of the molecule is CN1C(=O)CCC(=O)C1c1ccc(CN)cc1. The molecule has 1 heterocycles. The van der Waals surface area contributed by atoms with Crippen LogP contribution in [-0.2, 0) is 16.1 Å². The number of carbonyl (C=O) groups excluding carboxylic acids is 2. The zero-order valence-electron chi connectivity index (χ0n) is 9.85. The second-order valence-electron chi connectivity index (χ2n) is 4.32. The van der Waals surface area contributed by atoms with Gasteiger partial charge in [0.2, 0.25) is 5.91 Å². The number of hydrogen-bond acceptors (Lipinski definition) is 3. The number of nitrogens with two attached hydrogens (primary N) is 1. The average molecular weight is 232 g/mol. The lowest BCUT2D eigenvalue weighted by Gasteiger charge is -2.31. The fraction of sp³-hybridized carbons (Fsp3) is 0.385. The molecular formula is C13H16N2O2. The third-order valence-corrected chi connectivity index (χ3v) is 3.20. The van der Waals surface area contributed by atoms with Gasteiger partial charge < -0.3 is 10.6 Å². The zero-order chi connectivity index (χ0) is 12.4. The molecule has 1 unspecified atom stereocenters. The van der Waals surface area contributed by atoms with Crippen LogP contribution in [0.5, 0.6) is 0 Å². The van der Waals surface area contributed by atoms with Crippen molar-refractivity contribution in [3.05, 3.63) is 35.4 Å². The van der Waals surface area contributed by atoms with E-state index in [1.54, 1.807) is 7.05 Å². The fourth-order valence-corrected chi connectivity index (χ4v) is 2.15. The molecule has 1 aromatic rings. The first-order valence-corrected chi connectivity index (χ1v) is 5.70. The number of benzene rings is 1. The van der Waals surface area contributed by atoms with Crippen molar-refractivity contribution in [2.45, 2.75) is 25.4 Å². The number of piperidine rings is 1. The molecular weight excluding hydrogens is 216 g/mol. The summed E-state index contributed by atoms with van der Waals surface area (Å²) in [6.07, 6.45) is 0.666. The molecule has 0 aromatic heterocycles. The van der Waals surface area contributed by atoms with E-state index in [1.165, 1.54) is 4.90 Å². The van der Waals surface area contributed by atoms with Crippen LogP contribution in [-0.4, -0.2) is 23.6 Å². The van der Waals surface area contributed by atoms with Crippen molar-refractivity contribution in [2.24, 2.45) is 5.73 Å². The highest BCUT2D eigenvalue weighted by molar-refractivity contribution is 5.95. The largest absolute Gasteiger partial charge is 0.332 e. The Labute approximate surface area is 100 Å². The van der Waals surface area contributed by atoms with Crippen LogP contribution in [0.4, 0.5) is 0 Å². The molecule has 1 fully saturated rings. The van der Waals surface area contributed by atoms with E-state index in [0.717, 1.165) is 11.1 Å². The lowest BCUT2D eigenvalue weighted by Crippen LogP contribution is -2.40. The van der Waals surface area contributed by atoms with Crippen molar-refractivity contribution >= 4 is 11.7 Å². The number of Topliss-reactive ketones (excluding diaryl/α,β-unsaturated/α-hetero) is 1. The van der Waals surface area contributed by atoms with Gasteiger partial charge in [-0.1, -0.05) is 24.3 Å². The van der Waals surface area contributed by atoms with Crippen LogP contribution in [0.25, 0.3) is 0 Å². The topological polar surface area (TPSA) is 63.4 Å². The second kappa shape index (κ2) is 4.67. The lowest BCUT2D eigenvalue weighted by atomic mass is 9.93. The molecule has 0 radical (unpaired) electrons. The van der Waals surface area contributed by atoms with Gasteiger partial charge in [-0.3, -0.25) is 9.59 Å². The molecule has 0 aliphatic carbocycles. The first-order chi connectivity index (χ1) is 8.13. The molecule has 1 saturated heterocycles. The van der Waals surface area contributed by atoms with Crippen molar-refractivity contribution in [2.75, 3.05) is 7.05 Å². The van der Waals surface area contributed by atoms with E-state index in [4.69, 9.17) is 5.73 Å². The Hall–Kier alpha value is -1.68. The van der Waals surface area contributed by atoms with Crippen LogP contribution < -0.4 is 5.73 Å². The fourth-order valence-electron chi connectivity index (χ4n) is 2.15. The molecule has 0 bridgehead atoms. The first-order valence-electron chi connectivity index (χ1n) is 5.70. The summed E-state index contributed by atoms with van der Waals surface area (Å²) in [7, 11) is 1.68. The van der Waals surface area contributed by atoms with E-state index in [1.807, 2.05) is 24.3 Å². The molecule has 0 saturated carbocycles. The quantitative estimate of drug-likeness (QED) is 0.827. The molecule has 1 amide bonds. The van der Waals surface area contributed by atoms with E-state index in [9.17, 15) is 9.59 Å². The van der Waals surface area contributed by atoms with Gasteiger partial charge >= 0.3 is 0 Å². The first kappa shape index (κ1) is 11.8. The van der Waals surface area contributed by atoms with Gasteiger partial charge in [-0.25, -0.2) is 0 Å². The highest BCUT2D eigenvalue weighted by atomic mass is 16.2. The van der Waals surface area contributed by atoms with Gasteiger partial charge in [0.25, 0.3) is 0 Å². The average Bonchev–Trinajstić information content (AvgIpc) is 2.35. The van der Waals surface area contributed by atoms with Crippen molar-refractivity contribution in [1.82, 2.24) is 4.90 Å². The van der Waals surface area contributed by atoms with Crippen molar-refractivity contribution < 1.29 is 9.59 Å². The summed E-state index contributed by atoms with van der Waals surface area (Å²) in [5.74, 6) is 0.130. The molecule has 2 rings (SSSR count). The van der Waals surface area contributed by atoms with Gasteiger partial charge in [0.15, 0.2) is 5.78 Å². The minimum absolute atomic E-state index is 0.0255. The van der Waals surface area contributed by atoms with E-state index in [2.05, 4.69) is 0 Å². The van der Waals surface area contributed by atoms with Gasteiger partial charge in [0.05, 0.1) is 0 Å². The van der Waals surface area contributed by atoms with Crippen molar-refractivity contribution in [1.29, 1.82) is 0 Å². The third-order valence-electron chi connectivity index (χ3n) is 3.20. The molecule has 1 aromatic carbocycles. The summed E-state index contributed by atoms with van der Waals surface area (Å²) in [6, 6.07) is 7.12. The number of carbonyl (C=O) groups is 2. The molecule has 1 aliphatic rings. The van der Waals surface area contributed by atoms with Gasteiger partial charge in [-0.05, 0) is 11.1 Å². The van der Waals surface area contributed by atoms with Crippen LogP contribution in [0.15, 0.2) is 24.3 Å². The molecule has 0 spiro atoms. The van der Waals surface area contributed by atoms with Gasteiger partial charge in [-0.2, -0.15) is 0 Å². The van der Waals surface area contributed by atoms with Crippen LogP contribution in [0.2, 0.25) is 0 Å². The maximum atomic E-state index is 11.9. The minimum Gasteiger partial charge on any atom is -0.332 e. The maximum absolute atomic E-state index is 11.9. The number of rotatable bonds is 2. The number of ketones is 1. The Morgan fingerprint density at radius 3 is 2.47 bits per heavy atom. The summed E-state index contributed by atoms with van der Waals surface area (Å²) >= 11 is 0. The zero-order valence-corrected chi connectivity index (χ0v) is 9.85. The van der Waals surface area contributed by atoms with Gasteiger partial charge in [0, 0.05) is 26.4 Å². The Morgan fingerprint density at radius 1 is 1.24 bits per heavy atom. The Bertz CT molecular complexity index is 439. The molecule has 1 aliphatic heterocycles. The van der Waals surface area contributed by atoms with Gasteiger partial charge in [0.1, 0.15) is 6.04 Å². The van der Waals surface area contributed by atoms with E-state index >= 15 is 0 Å². The highest BCUT2D eigenvalue weighted by Crippen LogP contribution is 2.27. The Kier molecular flexibility index (Phi) is 3.24. The standard InChI is InChI=1S/C13H16N2O2/c1-15-12(17)7-6-11(16)13(15)10-4-2-9(8-14)3-5-10/h2-5,13H,6-8,14H2,1H3. The highest BCUT2D eigenvalue weighted by Gasteiger charge is 2.32. The van der Waals surface area contributed by atoms with Crippen molar-refractivity contribution in [3.63, 3.8) is 0 Å². The van der Waals surface area contributed by atoms with Crippen LogP contribution in [0.1, 0.15) is 30.0 Å². The molecule has 4 nitrogen and oxygen atoms in total. The molecule has 1 atom stereocenters. The summed E-state index contributed by atoms with van der Waals surface area (Å²) < 4.78 is 0. The number of likely N-dealkylation sites (N-methyl/N-ethyl adjacent to an activating group) is 1. The number of hydrogen-bond donors (Lipinski definition) is 1. The van der Waals surface area contributed by atoms with E-state index in [-0.39, 0.29) is 11.7 Å². The summed E-state index contributed by atoms with van der Waals surface area (Å²) in [5, 5.41) is 0. The van der Waals surface area contributed by atoms with Crippen molar-refractivity contribution in [3.8, 4) is 0 Å². The summed E-state index contributed by atoms with van der Waals surface area (Å²) in [4.78, 5) is 25.0. The normalized spacial score (nSPS) is 20.8. The Morgan fingerprint density at radius 2 is 1.88 bits per heavy atom. The van der Waals surface area contributed by atoms with E-state index in [0.29, 0.717) is 19.4 Å². The Balaban J connectivity index is 2.29. The van der Waals surface area contributed by atoms with Crippen LogP contribution in [0.3, 0.4) is 0 Å². The molecule has 90 valence electrons. The predicted octanol–water partition coefficient (Wildman–Crippen LogP) is 1.01.